The lowest BCUT2D eigenvalue weighted by Gasteiger charge is -2.27. The largest absolute Gasteiger partial charge is 0.507 e. The van der Waals surface area contributed by atoms with E-state index in [1.807, 2.05) is 41.5 Å². The Morgan fingerprint density at radius 3 is 2.23 bits per heavy atom. The van der Waals surface area contributed by atoms with Gasteiger partial charge in [0, 0.05) is 19.6 Å². The normalized spacial score (nSPS) is 11.7. The maximum atomic E-state index is 12.1. The van der Waals surface area contributed by atoms with Crippen molar-refractivity contribution >= 4 is 41.9 Å². The van der Waals surface area contributed by atoms with Crippen molar-refractivity contribution in [1.82, 2.24) is 21.3 Å². The maximum absolute atomic E-state index is 12.1. The Kier molecular flexibility index (Phi) is 12.3. The van der Waals surface area contributed by atoms with E-state index < -0.39 is 17.2 Å². The fourth-order valence-electron chi connectivity index (χ4n) is 2.36. The molecule has 0 aromatic heterocycles. The van der Waals surface area contributed by atoms with Gasteiger partial charge in [0.1, 0.15) is 11.4 Å². The van der Waals surface area contributed by atoms with Crippen LogP contribution in [-0.4, -0.2) is 60.4 Å². The molecule has 176 valence electrons. The summed E-state index contributed by atoms with van der Waals surface area (Å²) in [5.41, 5.74) is -0.946. The zero-order chi connectivity index (χ0) is 22.8. The molecule has 0 atom stereocenters. The van der Waals surface area contributed by atoms with Crippen LogP contribution in [-0.2, 0) is 4.74 Å². The molecule has 0 saturated heterocycles. The van der Waals surface area contributed by atoms with Gasteiger partial charge in [-0.2, -0.15) is 0 Å². The van der Waals surface area contributed by atoms with E-state index in [0.717, 1.165) is 0 Å². The number of phenols is 1. The molecule has 1 aromatic rings. The van der Waals surface area contributed by atoms with Gasteiger partial charge in [0.05, 0.1) is 17.6 Å². The molecular formula is C21H36IN5O4. The van der Waals surface area contributed by atoms with Crippen molar-refractivity contribution < 1.29 is 19.4 Å². The molecule has 1 aromatic carbocycles. The molecule has 0 heterocycles. The fraction of sp³-hybridized carbons (Fsp3) is 0.571. The Hall–Kier alpha value is -2.24. The second-order valence-corrected chi connectivity index (χ2v) is 8.41. The Labute approximate surface area is 201 Å². The highest BCUT2D eigenvalue weighted by Gasteiger charge is 2.24. The van der Waals surface area contributed by atoms with Gasteiger partial charge >= 0.3 is 6.09 Å². The fourth-order valence-corrected chi connectivity index (χ4v) is 2.36. The molecule has 0 fully saturated rings. The Morgan fingerprint density at radius 2 is 1.65 bits per heavy atom. The van der Waals surface area contributed by atoms with Crippen LogP contribution < -0.4 is 21.3 Å². The first-order valence-electron chi connectivity index (χ1n) is 10.0. The van der Waals surface area contributed by atoms with Gasteiger partial charge < -0.3 is 31.1 Å². The monoisotopic (exact) mass is 549 g/mol. The third-order valence-electron chi connectivity index (χ3n) is 3.67. The van der Waals surface area contributed by atoms with E-state index in [0.29, 0.717) is 32.1 Å². The summed E-state index contributed by atoms with van der Waals surface area (Å²) in [5, 5.41) is 21.5. The number of alkyl carbamates (subject to hydrolysis) is 1. The number of aliphatic imine (C=N–C) groups is 1. The first-order valence-corrected chi connectivity index (χ1v) is 10.0. The van der Waals surface area contributed by atoms with Crippen molar-refractivity contribution in [3.05, 3.63) is 29.8 Å². The number of halogens is 1. The van der Waals surface area contributed by atoms with Crippen LogP contribution in [0.15, 0.2) is 29.3 Å². The molecule has 0 aliphatic rings. The predicted molar refractivity (Wildman–Crippen MR) is 133 cm³/mol. The highest BCUT2D eigenvalue weighted by atomic mass is 127. The Morgan fingerprint density at radius 1 is 1.03 bits per heavy atom. The maximum Gasteiger partial charge on any atom is 0.408 e. The van der Waals surface area contributed by atoms with Crippen LogP contribution in [0.3, 0.4) is 0 Å². The molecule has 31 heavy (non-hydrogen) atoms. The lowest BCUT2D eigenvalue weighted by Crippen LogP contribution is -2.49. The molecule has 10 heteroatoms. The van der Waals surface area contributed by atoms with E-state index in [4.69, 9.17) is 4.74 Å². The average molecular weight is 549 g/mol. The van der Waals surface area contributed by atoms with Gasteiger partial charge in [-0.15, -0.1) is 24.0 Å². The minimum absolute atomic E-state index is 0. The van der Waals surface area contributed by atoms with Crippen LogP contribution in [0.5, 0.6) is 5.75 Å². The number of carbonyl (C=O) groups excluding carboxylic acids is 2. The number of rotatable bonds is 8. The van der Waals surface area contributed by atoms with Crippen molar-refractivity contribution in [3.8, 4) is 5.75 Å². The summed E-state index contributed by atoms with van der Waals surface area (Å²) in [6, 6.07) is 6.38. The summed E-state index contributed by atoms with van der Waals surface area (Å²) in [4.78, 5) is 28.6. The number of guanidine groups is 1. The lowest BCUT2D eigenvalue weighted by atomic mass is 10.1. The molecule has 1 rings (SSSR count). The summed E-state index contributed by atoms with van der Waals surface area (Å²) in [6.45, 7) is 12.9. The zero-order valence-corrected chi connectivity index (χ0v) is 21.5. The number of ether oxygens (including phenoxy) is 1. The topological polar surface area (TPSA) is 124 Å². The third-order valence-corrected chi connectivity index (χ3v) is 3.67. The van der Waals surface area contributed by atoms with Crippen molar-refractivity contribution in [1.29, 1.82) is 0 Å². The highest BCUT2D eigenvalue weighted by molar-refractivity contribution is 14.0. The van der Waals surface area contributed by atoms with E-state index >= 15 is 0 Å². The summed E-state index contributed by atoms with van der Waals surface area (Å²) in [5.74, 6) is 0.158. The number of hydrogen-bond donors (Lipinski definition) is 5. The number of amides is 2. The Balaban J connectivity index is 0.00000900. The van der Waals surface area contributed by atoms with Gasteiger partial charge in [0.25, 0.3) is 5.91 Å². The summed E-state index contributed by atoms with van der Waals surface area (Å²) >= 11 is 0. The smallest absolute Gasteiger partial charge is 0.408 e. The SMILES string of the molecule is CCNC(=NCC(C)(C)NC(=O)OC(C)(C)C)NCCNC(=O)c1ccccc1O.I. The van der Waals surface area contributed by atoms with Gasteiger partial charge in [-0.3, -0.25) is 9.79 Å². The zero-order valence-electron chi connectivity index (χ0n) is 19.2. The van der Waals surface area contributed by atoms with Crippen LogP contribution in [0, 0.1) is 0 Å². The van der Waals surface area contributed by atoms with Crippen molar-refractivity contribution in [2.45, 2.75) is 52.7 Å². The van der Waals surface area contributed by atoms with Gasteiger partial charge in [0.2, 0.25) is 0 Å². The summed E-state index contributed by atoms with van der Waals surface area (Å²) < 4.78 is 5.29. The van der Waals surface area contributed by atoms with E-state index in [1.165, 1.54) is 6.07 Å². The van der Waals surface area contributed by atoms with E-state index in [2.05, 4.69) is 26.3 Å². The lowest BCUT2D eigenvalue weighted by molar-refractivity contribution is 0.0476. The van der Waals surface area contributed by atoms with Crippen LogP contribution in [0.2, 0.25) is 0 Å². The first-order chi connectivity index (χ1) is 13.9. The van der Waals surface area contributed by atoms with Crippen LogP contribution in [0.1, 0.15) is 51.9 Å². The summed E-state index contributed by atoms with van der Waals surface area (Å²) in [6.07, 6.45) is -0.493. The van der Waals surface area contributed by atoms with Gasteiger partial charge in [-0.1, -0.05) is 12.1 Å². The molecule has 0 unspecified atom stereocenters. The molecule has 9 nitrogen and oxygen atoms in total. The number of nitrogens with zero attached hydrogens (tertiary/aromatic N) is 1. The second-order valence-electron chi connectivity index (χ2n) is 8.41. The quantitative estimate of drug-likeness (QED) is 0.147. The second kappa shape index (κ2) is 13.2. The van der Waals surface area contributed by atoms with E-state index in [1.54, 1.807) is 18.2 Å². The summed E-state index contributed by atoms with van der Waals surface area (Å²) in [7, 11) is 0. The predicted octanol–water partition coefficient (Wildman–Crippen LogP) is 2.60. The number of aromatic hydroxyl groups is 1. The van der Waals surface area contributed by atoms with Crippen molar-refractivity contribution in [3.63, 3.8) is 0 Å². The van der Waals surface area contributed by atoms with Crippen LogP contribution in [0.4, 0.5) is 4.79 Å². The first kappa shape index (κ1) is 28.8. The Bertz CT molecular complexity index is 748. The van der Waals surface area contributed by atoms with Crippen LogP contribution >= 0.6 is 24.0 Å². The molecule has 0 aliphatic carbocycles. The van der Waals surface area contributed by atoms with Crippen LogP contribution in [0.25, 0.3) is 0 Å². The molecule has 0 aliphatic heterocycles. The number of nitrogens with one attached hydrogen (secondary N) is 4. The van der Waals surface area contributed by atoms with Gasteiger partial charge in [-0.05, 0) is 53.7 Å². The van der Waals surface area contributed by atoms with E-state index in [-0.39, 0.29) is 41.2 Å². The number of hydrogen-bond acceptors (Lipinski definition) is 5. The minimum Gasteiger partial charge on any atom is -0.507 e. The number of phenolic OH excluding ortho intramolecular Hbond substituents is 1. The minimum atomic E-state index is -0.607. The van der Waals surface area contributed by atoms with Crippen molar-refractivity contribution in [2.24, 2.45) is 4.99 Å². The number of para-hydroxylation sites is 1. The van der Waals surface area contributed by atoms with E-state index in [9.17, 15) is 14.7 Å². The molecule has 2 amide bonds. The standard InChI is InChI=1S/C21H35N5O4.HI/c1-7-22-18(25-14-21(5,6)26-19(29)30-20(2,3)4)24-13-12-23-17(28)15-10-8-9-11-16(15)27;/h8-11,27H,7,12-14H2,1-6H3,(H,23,28)(H,26,29)(H2,22,24,25);1H. The molecule has 0 spiro atoms. The number of benzene rings is 1. The van der Waals surface area contributed by atoms with Gasteiger partial charge in [-0.25, -0.2) is 4.79 Å². The molecular weight excluding hydrogens is 513 g/mol. The highest BCUT2D eigenvalue weighted by Crippen LogP contribution is 2.14. The average Bonchev–Trinajstić information content (AvgIpc) is 2.61. The van der Waals surface area contributed by atoms with Gasteiger partial charge in [0.15, 0.2) is 5.96 Å². The molecule has 0 bridgehead atoms. The molecule has 0 radical (unpaired) electrons. The third kappa shape index (κ3) is 12.3. The molecule has 5 N–H and O–H groups in total. The molecule has 0 saturated carbocycles. The number of carbonyl (C=O) groups is 2. The van der Waals surface area contributed by atoms with Crippen molar-refractivity contribution in [2.75, 3.05) is 26.2 Å².